The van der Waals surface area contributed by atoms with Crippen LogP contribution in [-0.2, 0) is 0 Å². The molecule has 0 spiro atoms. The molecule has 2 rings (SSSR count). The molecule has 3 nitrogen and oxygen atoms in total. The number of ether oxygens (including phenoxy) is 1. The maximum absolute atomic E-state index is 9.16. The molecule has 0 N–H and O–H groups in total. The highest BCUT2D eigenvalue weighted by atomic mass is 16.5. The predicted octanol–water partition coefficient (Wildman–Crippen LogP) is 3.67. The van der Waals surface area contributed by atoms with E-state index >= 15 is 0 Å². The van der Waals surface area contributed by atoms with Crippen LogP contribution in [0.2, 0.25) is 0 Å². The van der Waals surface area contributed by atoms with Gasteiger partial charge in [0.25, 0.3) is 0 Å². The van der Waals surface area contributed by atoms with Crippen LogP contribution in [0, 0.1) is 11.3 Å². The van der Waals surface area contributed by atoms with Crippen LogP contribution < -0.4 is 4.74 Å². The smallest absolute Gasteiger partial charge is 0.215 e. The minimum absolute atomic E-state index is 0.121. The standard InChI is InChI=1S/C15H16N2O/c1-3-6-11(2)18-15-9-12(10-16)13-7-4-5-8-14(13)17-15/h4-5,7-9,11H,3,6H2,1-2H3. The SMILES string of the molecule is CCCC(C)Oc1cc(C#N)c2ccccc2n1. The zero-order chi connectivity index (χ0) is 13.0. The minimum atomic E-state index is 0.121. The van der Waals surface area contributed by atoms with Crippen molar-refractivity contribution in [3.8, 4) is 11.9 Å². The van der Waals surface area contributed by atoms with Gasteiger partial charge in [-0.05, 0) is 19.4 Å². The summed E-state index contributed by atoms with van der Waals surface area (Å²) in [4.78, 5) is 4.43. The highest BCUT2D eigenvalue weighted by molar-refractivity contribution is 5.85. The third-order valence-electron chi connectivity index (χ3n) is 2.83. The van der Waals surface area contributed by atoms with Crippen molar-refractivity contribution in [1.29, 1.82) is 5.26 Å². The fourth-order valence-corrected chi connectivity index (χ4v) is 1.98. The molecule has 3 heteroatoms. The molecule has 0 aliphatic rings. The molecule has 0 fully saturated rings. The van der Waals surface area contributed by atoms with Gasteiger partial charge in [-0.25, -0.2) is 4.98 Å². The van der Waals surface area contributed by atoms with Crippen LogP contribution in [0.3, 0.4) is 0 Å². The van der Waals surface area contributed by atoms with E-state index in [1.54, 1.807) is 6.07 Å². The van der Waals surface area contributed by atoms with Gasteiger partial charge >= 0.3 is 0 Å². The molecular weight excluding hydrogens is 224 g/mol. The molecule has 0 aliphatic carbocycles. The number of nitriles is 1. The van der Waals surface area contributed by atoms with Crippen molar-refractivity contribution >= 4 is 10.9 Å². The summed E-state index contributed by atoms with van der Waals surface area (Å²) in [5.74, 6) is 0.534. The largest absolute Gasteiger partial charge is 0.475 e. The van der Waals surface area contributed by atoms with Gasteiger partial charge in [0.1, 0.15) is 6.07 Å². The summed E-state index contributed by atoms with van der Waals surface area (Å²) in [6.45, 7) is 4.14. The molecule has 0 radical (unpaired) electrons. The van der Waals surface area contributed by atoms with Crippen LogP contribution in [0.5, 0.6) is 5.88 Å². The van der Waals surface area contributed by atoms with Crippen LogP contribution in [0.25, 0.3) is 10.9 Å². The summed E-state index contributed by atoms with van der Waals surface area (Å²) < 4.78 is 5.74. The summed E-state index contributed by atoms with van der Waals surface area (Å²) in [7, 11) is 0. The van der Waals surface area contributed by atoms with Crippen molar-refractivity contribution < 1.29 is 4.74 Å². The molecule has 0 saturated heterocycles. The van der Waals surface area contributed by atoms with Crippen LogP contribution in [-0.4, -0.2) is 11.1 Å². The Bertz CT molecular complexity index is 587. The molecule has 0 saturated carbocycles. The fraction of sp³-hybridized carbons (Fsp3) is 0.333. The second-order valence-electron chi connectivity index (χ2n) is 4.35. The van der Waals surface area contributed by atoms with E-state index in [2.05, 4.69) is 18.0 Å². The number of hydrogen-bond donors (Lipinski definition) is 0. The fourth-order valence-electron chi connectivity index (χ4n) is 1.98. The lowest BCUT2D eigenvalue weighted by Gasteiger charge is -2.13. The van der Waals surface area contributed by atoms with E-state index in [-0.39, 0.29) is 6.10 Å². The minimum Gasteiger partial charge on any atom is -0.475 e. The molecule has 1 unspecified atom stereocenters. The Kier molecular flexibility index (Phi) is 3.78. The molecule has 0 amide bonds. The maximum Gasteiger partial charge on any atom is 0.215 e. The van der Waals surface area contributed by atoms with E-state index in [0.717, 1.165) is 23.7 Å². The zero-order valence-electron chi connectivity index (χ0n) is 10.7. The zero-order valence-corrected chi connectivity index (χ0v) is 10.7. The number of fused-ring (bicyclic) bond motifs is 1. The van der Waals surface area contributed by atoms with Crippen molar-refractivity contribution in [3.63, 3.8) is 0 Å². The first-order chi connectivity index (χ1) is 8.74. The average Bonchev–Trinajstić information content (AvgIpc) is 2.38. The van der Waals surface area contributed by atoms with E-state index in [9.17, 15) is 0 Å². The number of rotatable bonds is 4. The predicted molar refractivity (Wildman–Crippen MR) is 71.5 cm³/mol. The van der Waals surface area contributed by atoms with Crippen LogP contribution in [0.1, 0.15) is 32.3 Å². The van der Waals surface area contributed by atoms with E-state index in [0.29, 0.717) is 11.4 Å². The van der Waals surface area contributed by atoms with Gasteiger partial charge in [-0.1, -0.05) is 31.5 Å². The van der Waals surface area contributed by atoms with Crippen LogP contribution >= 0.6 is 0 Å². The van der Waals surface area contributed by atoms with Gasteiger partial charge in [0, 0.05) is 11.5 Å². The molecule has 1 atom stereocenters. The van der Waals surface area contributed by atoms with Crippen LogP contribution in [0.15, 0.2) is 30.3 Å². The maximum atomic E-state index is 9.16. The number of aromatic nitrogens is 1. The summed E-state index contributed by atoms with van der Waals surface area (Å²) in [5.41, 5.74) is 1.41. The van der Waals surface area contributed by atoms with Gasteiger partial charge in [-0.2, -0.15) is 5.26 Å². The quantitative estimate of drug-likeness (QED) is 0.819. The van der Waals surface area contributed by atoms with Gasteiger partial charge < -0.3 is 4.74 Å². The topological polar surface area (TPSA) is 45.9 Å². The van der Waals surface area contributed by atoms with Gasteiger partial charge in [-0.15, -0.1) is 0 Å². The molecule has 1 aromatic heterocycles. The van der Waals surface area contributed by atoms with Crippen LogP contribution in [0.4, 0.5) is 0 Å². The molecule has 18 heavy (non-hydrogen) atoms. The molecule has 92 valence electrons. The Balaban J connectivity index is 2.38. The summed E-state index contributed by atoms with van der Waals surface area (Å²) in [5, 5.41) is 10.0. The van der Waals surface area contributed by atoms with E-state index < -0.39 is 0 Å². The number of pyridine rings is 1. The van der Waals surface area contributed by atoms with Crippen molar-refractivity contribution in [1.82, 2.24) is 4.98 Å². The monoisotopic (exact) mass is 240 g/mol. The molecule has 1 heterocycles. The van der Waals surface area contributed by atoms with Crippen molar-refractivity contribution in [2.45, 2.75) is 32.8 Å². The number of para-hydroxylation sites is 1. The lowest BCUT2D eigenvalue weighted by molar-refractivity contribution is 0.202. The van der Waals surface area contributed by atoms with Gasteiger partial charge in [0.15, 0.2) is 0 Å². The molecule has 2 aromatic rings. The Hall–Kier alpha value is -2.08. The second-order valence-corrected chi connectivity index (χ2v) is 4.35. The normalized spacial score (nSPS) is 12.1. The Labute approximate surface area is 107 Å². The number of nitrogens with zero attached hydrogens (tertiary/aromatic N) is 2. The van der Waals surface area contributed by atoms with Gasteiger partial charge in [-0.3, -0.25) is 0 Å². The molecule has 1 aromatic carbocycles. The van der Waals surface area contributed by atoms with Gasteiger partial charge in [0.05, 0.1) is 17.2 Å². The first kappa shape index (κ1) is 12.4. The van der Waals surface area contributed by atoms with Gasteiger partial charge in [0.2, 0.25) is 5.88 Å². The Morgan fingerprint density at radius 3 is 2.89 bits per heavy atom. The number of hydrogen-bond acceptors (Lipinski definition) is 3. The highest BCUT2D eigenvalue weighted by Gasteiger charge is 2.08. The third kappa shape index (κ3) is 2.60. The second kappa shape index (κ2) is 5.50. The lowest BCUT2D eigenvalue weighted by Crippen LogP contribution is -2.12. The summed E-state index contributed by atoms with van der Waals surface area (Å²) >= 11 is 0. The average molecular weight is 240 g/mol. The van der Waals surface area contributed by atoms with Crippen molar-refractivity contribution in [2.24, 2.45) is 0 Å². The van der Waals surface area contributed by atoms with E-state index in [4.69, 9.17) is 10.00 Å². The lowest BCUT2D eigenvalue weighted by atomic mass is 10.1. The molecule has 0 bridgehead atoms. The van der Waals surface area contributed by atoms with Crippen molar-refractivity contribution in [3.05, 3.63) is 35.9 Å². The highest BCUT2D eigenvalue weighted by Crippen LogP contribution is 2.22. The van der Waals surface area contributed by atoms with E-state index in [1.807, 2.05) is 31.2 Å². The first-order valence-electron chi connectivity index (χ1n) is 6.21. The third-order valence-corrected chi connectivity index (χ3v) is 2.83. The molecular formula is C15H16N2O. The number of benzene rings is 1. The molecule has 0 aliphatic heterocycles. The van der Waals surface area contributed by atoms with E-state index in [1.165, 1.54) is 0 Å². The summed E-state index contributed by atoms with van der Waals surface area (Å²) in [6, 6.07) is 11.5. The Morgan fingerprint density at radius 1 is 1.39 bits per heavy atom. The Morgan fingerprint density at radius 2 is 2.17 bits per heavy atom. The van der Waals surface area contributed by atoms with Crippen molar-refractivity contribution in [2.75, 3.05) is 0 Å². The summed E-state index contributed by atoms with van der Waals surface area (Å²) in [6.07, 6.45) is 2.17. The first-order valence-corrected chi connectivity index (χ1v) is 6.21.